The van der Waals surface area contributed by atoms with Gasteiger partial charge in [-0.3, -0.25) is 4.68 Å². The van der Waals surface area contributed by atoms with Crippen LogP contribution in [0.4, 0.5) is 13.6 Å². The molecule has 1 aliphatic heterocycles. The number of benzene rings is 1. The summed E-state index contributed by atoms with van der Waals surface area (Å²) in [7, 11) is 0. The molecule has 0 bridgehead atoms. The van der Waals surface area contributed by atoms with Gasteiger partial charge in [-0.1, -0.05) is 23.4 Å². The minimum atomic E-state index is -0.744. The second kappa shape index (κ2) is 10.2. The van der Waals surface area contributed by atoms with Crippen molar-refractivity contribution in [3.05, 3.63) is 66.1 Å². The molecule has 1 amide bonds. The van der Waals surface area contributed by atoms with E-state index in [1.807, 2.05) is 0 Å². The summed E-state index contributed by atoms with van der Waals surface area (Å²) in [6.45, 7) is 6.14. The number of carbonyl (C=O) groups excluding carboxylic acids is 1. The van der Waals surface area contributed by atoms with Crippen LogP contribution < -0.4 is 4.74 Å². The summed E-state index contributed by atoms with van der Waals surface area (Å²) in [6.07, 6.45) is 1.99. The van der Waals surface area contributed by atoms with E-state index in [9.17, 15) is 13.6 Å². The minimum absolute atomic E-state index is 0.112. The Morgan fingerprint density at radius 1 is 1.16 bits per heavy atom. The summed E-state index contributed by atoms with van der Waals surface area (Å²) < 4.78 is 46.7. The van der Waals surface area contributed by atoms with Gasteiger partial charge in [0.05, 0.1) is 25.0 Å². The number of hydrogen-bond acceptors (Lipinski definition) is 8. The topological polar surface area (TPSA) is 108 Å². The average molecular weight is 525 g/mol. The molecule has 1 unspecified atom stereocenters. The van der Waals surface area contributed by atoms with E-state index in [-0.39, 0.29) is 30.6 Å². The second-order valence-electron chi connectivity index (χ2n) is 9.85. The van der Waals surface area contributed by atoms with Crippen molar-refractivity contribution in [2.75, 3.05) is 13.1 Å². The van der Waals surface area contributed by atoms with Crippen LogP contribution in [-0.4, -0.2) is 60.7 Å². The molecule has 1 aromatic carbocycles. The number of ether oxygens (including phenoxy) is 2. The average Bonchev–Trinajstić information content (AvgIpc) is 3.62. The summed E-state index contributed by atoms with van der Waals surface area (Å²) in [5.41, 5.74) is 1.13. The molecule has 1 saturated heterocycles. The van der Waals surface area contributed by atoms with Crippen molar-refractivity contribution in [3.8, 4) is 28.8 Å². The van der Waals surface area contributed by atoms with Crippen molar-refractivity contribution in [2.24, 2.45) is 0 Å². The number of rotatable bonds is 6. The first-order valence-electron chi connectivity index (χ1n) is 12.1. The molecule has 0 N–H and O–H groups in total. The maximum Gasteiger partial charge on any atom is 0.410 e. The van der Waals surface area contributed by atoms with E-state index >= 15 is 0 Å². The Kier molecular flexibility index (Phi) is 6.79. The number of halogens is 2. The lowest BCUT2D eigenvalue weighted by molar-refractivity contribution is 0.0274. The predicted molar refractivity (Wildman–Crippen MR) is 131 cm³/mol. The standard InChI is InChI=1S/C26H26F2N6O4/c1-26(2,3)38-25(35)33-10-8-17(15-33)37-24-19(28)13-29-23(30-24)21-12-22(20-9-11-36-32-20)34(31-21)14-16-6-4-5-7-18(16)27/h4-7,9,11-13,17H,8,10,14-15H2,1-3H3. The lowest BCUT2D eigenvalue weighted by Crippen LogP contribution is -2.36. The van der Waals surface area contributed by atoms with Crippen LogP contribution in [0.1, 0.15) is 32.8 Å². The fourth-order valence-electron chi connectivity index (χ4n) is 4.02. The highest BCUT2D eigenvalue weighted by atomic mass is 19.1. The molecular formula is C26H26F2N6O4. The van der Waals surface area contributed by atoms with Crippen molar-refractivity contribution >= 4 is 6.09 Å². The molecule has 1 fully saturated rings. The lowest BCUT2D eigenvalue weighted by Gasteiger charge is -2.24. The van der Waals surface area contributed by atoms with Gasteiger partial charge in [0.15, 0.2) is 5.82 Å². The molecule has 1 aliphatic rings. The third-order valence-electron chi connectivity index (χ3n) is 5.77. The molecule has 1 atom stereocenters. The fourth-order valence-corrected chi connectivity index (χ4v) is 4.02. The molecule has 5 rings (SSSR count). The predicted octanol–water partition coefficient (Wildman–Crippen LogP) is 4.71. The summed E-state index contributed by atoms with van der Waals surface area (Å²) in [5, 5.41) is 8.50. The maximum atomic E-state index is 14.6. The quantitative estimate of drug-likeness (QED) is 0.357. The first kappa shape index (κ1) is 25.3. The van der Waals surface area contributed by atoms with Crippen molar-refractivity contribution in [1.82, 2.24) is 29.8 Å². The Hall–Kier alpha value is -4.35. The molecule has 0 spiro atoms. The van der Waals surface area contributed by atoms with Crippen LogP contribution in [0.2, 0.25) is 0 Å². The van der Waals surface area contributed by atoms with Gasteiger partial charge in [-0.05, 0) is 32.9 Å². The Bertz CT molecular complexity index is 1430. The summed E-state index contributed by atoms with van der Waals surface area (Å²) >= 11 is 0. The van der Waals surface area contributed by atoms with Crippen molar-refractivity contribution in [2.45, 2.75) is 45.4 Å². The van der Waals surface area contributed by atoms with Gasteiger partial charge in [-0.2, -0.15) is 14.5 Å². The second-order valence-corrected chi connectivity index (χ2v) is 9.85. The largest absolute Gasteiger partial charge is 0.470 e. The number of hydrogen-bond donors (Lipinski definition) is 0. The van der Waals surface area contributed by atoms with Crippen molar-refractivity contribution in [1.29, 1.82) is 0 Å². The molecule has 0 saturated carbocycles. The van der Waals surface area contributed by atoms with Gasteiger partial charge >= 0.3 is 6.09 Å². The number of aromatic nitrogens is 5. The van der Waals surface area contributed by atoms with Gasteiger partial charge in [0, 0.05) is 24.6 Å². The molecule has 3 aromatic heterocycles. The molecular weight excluding hydrogens is 498 g/mol. The van der Waals surface area contributed by atoms with Gasteiger partial charge in [0.2, 0.25) is 5.82 Å². The fraction of sp³-hybridized carbons (Fsp3) is 0.346. The molecule has 38 heavy (non-hydrogen) atoms. The molecule has 12 heteroatoms. The maximum absolute atomic E-state index is 14.6. The molecule has 10 nitrogen and oxygen atoms in total. The normalized spacial score (nSPS) is 15.6. The number of nitrogens with zero attached hydrogens (tertiary/aromatic N) is 6. The Labute approximate surface area is 217 Å². The van der Waals surface area contributed by atoms with Crippen LogP contribution in [0.15, 0.2) is 53.4 Å². The van der Waals surface area contributed by atoms with E-state index in [4.69, 9.17) is 14.0 Å². The van der Waals surface area contributed by atoms with Gasteiger partial charge in [0.25, 0.3) is 5.88 Å². The highest BCUT2D eigenvalue weighted by Gasteiger charge is 2.32. The molecule has 4 heterocycles. The first-order chi connectivity index (χ1) is 18.2. The van der Waals surface area contributed by atoms with Gasteiger partial charge in [-0.25, -0.2) is 14.2 Å². The lowest BCUT2D eigenvalue weighted by atomic mass is 10.2. The number of carbonyl (C=O) groups is 1. The van der Waals surface area contributed by atoms with Gasteiger partial charge in [0.1, 0.15) is 35.2 Å². The van der Waals surface area contributed by atoms with E-state index in [2.05, 4.69) is 20.2 Å². The van der Waals surface area contributed by atoms with Crippen LogP contribution in [0.5, 0.6) is 5.88 Å². The summed E-state index contributed by atoms with van der Waals surface area (Å²) in [4.78, 5) is 22.2. The van der Waals surface area contributed by atoms with E-state index in [0.717, 1.165) is 6.20 Å². The Morgan fingerprint density at radius 3 is 2.71 bits per heavy atom. The van der Waals surface area contributed by atoms with Crippen molar-refractivity contribution < 1.29 is 27.6 Å². The molecule has 0 radical (unpaired) electrons. The zero-order valence-electron chi connectivity index (χ0n) is 21.1. The highest BCUT2D eigenvalue weighted by Crippen LogP contribution is 2.27. The van der Waals surface area contributed by atoms with Crippen LogP contribution in [-0.2, 0) is 11.3 Å². The first-order valence-corrected chi connectivity index (χ1v) is 12.1. The van der Waals surface area contributed by atoms with Gasteiger partial charge < -0.3 is 18.9 Å². The van der Waals surface area contributed by atoms with Gasteiger partial charge in [-0.15, -0.1) is 0 Å². The zero-order valence-corrected chi connectivity index (χ0v) is 21.1. The SMILES string of the molecule is CC(C)(C)OC(=O)N1CCC(Oc2nc(-c3cc(-c4ccon4)n(Cc4ccccc4F)n3)ncc2F)C1. The smallest absolute Gasteiger partial charge is 0.410 e. The third-order valence-corrected chi connectivity index (χ3v) is 5.77. The third kappa shape index (κ3) is 5.63. The van der Waals surface area contributed by atoms with Crippen molar-refractivity contribution in [3.63, 3.8) is 0 Å². The van der Waals surface area contributed by atoms with Crippen LogP contribution in [0, 0.1) is 11.6 Å². The van der Waals surface area contributed by atoms with Crippen LogP contribution >= 0.6 is 0 Å². The summed E-state index contributed by atoms with van der Waals surface area (Å²) in [5.74, 6) is -1.26. The number of amides is 1. The molecule has 4 aromatic rings. The molecule has 198 valence electrons. The van der Waals surface area contributed by atoms with E-state index in [1.54, 1.807) is 55.8 Å². The minimum Gasteiger partial charge on any atom is -0.470 e. The zero-order chi connectivity index (χ0) is 26.9. The van der Waals surface area contributed by atoms with Crippen LogP contribution in [0.3, 0.4) is 0 Å². The Balaban J connectivity index is 1.38. The van der Waals surface area contributed by atoms with E-state index in [0.29, 0.717) is 35.6 Å². The van der Waals surface area contributed by atoms with E-state index in [1.165, 1.54) is 17.2 Å². The number of likely N-dealkylation sites (tertiary alicyclic amines) is 1. The highest BCUT2D eigenvalue weighted by molar-refractivity contribution is 5.68. The monoisotopic (exact) mass is 524 g/mol. The molecule has 0 aliphatic carbocycles. The Morgan fingerprint density at radius 2 is 1.97 bits per heavy atom. The van der Waals surface area contributed by atoms with E-state index < -0.39 is 23.6 Å². The van der Waals surface area contributed by atoms with Crippen LogP contribution in [0.25, 0.3) is 22.9 Å². The summed E-state index contributed by atoms with van der Waals surface area (Å²) in [6, 6.07) is 9.68.